The number of nitrogens with zero attached hydrogens (tertiary/aromatic N) is 1. The average molecular weight is 432 g/mol. The minimum atomic E-state index is -0.304. The Bertz CT molecular complexity index is 1240. The fourth-order valence-electron chi connectivity index (χ4n) is 3.46. The van der Waals surface area contributed by atoms with Gasteiger partial charge in [0.2, 0.25) is 11.6 Å². The highest BCUT2D eigenvalue weighted by Crippen LogP contribution is 2.38. The minimum absolute atomic E-state index is 0.304. The van der Waals surface area contributed by atoms with Crippen molar-refractivity contribution in [3.8, 4) is 17.2 Å². The number of oxazole rings is 1. The minimum Gasteiger partial charge on any atom is -0.493 e. The molecule has 0 spiro atoms. The Morgan fingerprint density at radius 3 is 2.50 bits per heavy atom. The Kier molecular flexibility index (Phi) is 5.98. The maximum absolute atomic E-state index is 13.0. The molecule has 7 heteroatoms. The number of allylic oxidation sites excluding steroid dienone is 5. The van der Waals surface area contributed by atoms with Gasteiger partial charge in [0.1, 0.15) is 5.52 Å². The predicted octanol–water partition coefficient (Wildman–Crippen LogP) is 4.82. The summed E-state index contributed by atoms with van der Waals surface area (Å²) in [7, 11) is 4.54. The van der Waals surface area contributed by atoms with Gasteiger partial charge in [0.15, 0.2) is 17.1 Å². The van der Waals surface area contributed by atoms with Gasteiger partial charge in [-0.15, -0.1) is 0 Å². The summed E-state index contributed by atoms with van der Waals surface area (Å²) in [4.78, 5) is 17.6. The van der Waals surface area contributed by atoms with Crippen molar-refractivity contribution in [3.05, 3.63) is 77.4 Å². The van der Waals surface area contributed by atoms with E-state index >= 15 is 0 Å². The molecule has 1 aliphatic carbocycles. The Hall–Kier alpha value is -4.00. The zero-order valence-electron chi connectivity index (χ0n) is 18.4. The van der Waals surface area contributed by atoms with Crippen molar-refractivity contribution in [2.45, 2.75) is 13.3 Å². The van der Waals surface area contributed by atoms with Crippen LogP contribution >= 0.6 is 0 Å². The van der Waals surface area contributed by atoms with Crippen molar-refractivity contribution < 1.29 is 23.4 Å². The maximum Gasteiger partial charge on any atom is 0.255 e. The Morgan fingerprint density at radius 2 is 1.81 bits per heavy atom. The van der Waals surface area contributed by atoms with Gasteiger partial charge in [-0.3, -0.25) is 4.79 Å². The fourth-order valence-corrected chi connectivity index (χ4v) is 3.46. The lowest BCUT2D eigenvalue weighted by Gasteiger charge is -2.14. The highest BCUT2D eigenvalue weighted by Gasteiger charge is 2.18. The molecule has 164 valence electrons. The van der Waals surface area contributed by atoms with Crippen LogP contribution < -0.4 is 19.5 Å². The SMILES string of the molecule is COc1cc(C(=O)NC2=CCC=CC(c3nc4ccc(C)cc4o3)=C2)cc(OC)c1OC. The third-order valence-electron chi connectivity index (χ3n) is 5.06. The molecule has 0 unspecified atom stereocenters. The van der Waals surface area contributed by atoms with E-state index in [1.807, 2.05) is 49.4 Å². The van der Waals surface area contributed by atoms with Gasteiger partial charge in [0.05, 0.1) is 21.3 Å². The van der Waals surface area contributed by atoms with E-state index < -0.39 is 0 Å². The summed E-state index contributed by atoms with van der Waals surface area (Å²) in [6, 6.07) is 9.10. The van der Waals surface area contributed by atoms with E-state index in [2.05, 4.69) is 10.3 Å². The fraction of sp³-hybridized carbons (Fsp3) is 0.200. The zero-order valence-corrected chi connectivity index (χ0v) is 18.4. The van der Waals surface area contributed by atoms with E-state index in [4.69, 9.17) is 18.6 Å². The molecular formula is C25H24N2O5. The molecule has 3 aromatic rings. The summed E-state index contributed by atoms with van der Waals surface area (Å²) in [5.74, 6) is 1.44. The van der Waals surface area contributed by atoms with E-state index in [1.165, 1.54) is 21.3 Å². The zero-order chi connectivity index (χ0) is 22.7. The van der Waals surface area contributed by atoms with Crippen LogP contribution in [0.25, 0.3) is 16.7 Å². The standard InChI is InChI=1S/C25H24N2O5/c1-15-9-10-19-20(11-15)32-25(27-19)16-7-5-6-8-18(12-16)26-24(28)17-13-21(29-2)23(31-4)22(14-17)30-3/h5,7-14H,6H2,1-4H3,(H,26,28). The summed E-state index contributed by atoms with van der Waals surface area (Å²) >= 11 is 0. The third-order valence-corrected chi connectivity index (χ3v) is 5.06. The second-order valence-electron chi connectivity index (χ2n) is 7.26. The van der Waals surface area contributed by atoms with Crippen LogP contribution in [-0.4, -0.2) is 32.2 Å². The van der Waals surface area contributed by atoms with Gasteiger partial charge in [-0.05, 0) is 49.2 Å². The summed E-state index contributed by atoms with van der Waals surface area (Å²) in [6.07, 6.45) is 8.35. The Morgan fingerprint density at radius 1 is 1.06 bits per heavy atom. The number of fused-ring (bicyclic) bond motifs is 1. The molecule has 1 aliphatic rings. The van der Waals surface area contributed by atoms with Gasteiger partial charge in [-0.1, -0.05) is 24.3 Å². The van der Waals surface area contributed by atoms with Crippen molar-refractivity contribution in [3.63, 3.8) is 0 Å². The summed E-state index contributed by atoms with van der Waals surface area (Å²) in [6.45, 7) is 2.01. The molecule has 2 aromatic carbocycles. The van der Waals surface area contributed by atoms with Crippen LogP contribution in [-0.2, 0) is 0 Å². The van der Waals surface area contributed by atoms with Crippen molar-refractivity contribution in [1.82, 2.24) is 10.3 Å². The first kappa shape index (κ1) is 21.2. The molecule has 32 heavy (non-hydrogen) atoms. The monoisotopic (exact) mass is 432 g/mol. The maximum atomic E-state index is 13.0. The first-order chi connectivity index (χ1) is 15.5. The number of amides is 1. The number of aryl methyl sites for hydroxylation is 1. The molecule has 0 radical (unpaired) electrons. The van der Waals surface area contributed by atoms with Crippen LogP contribution in [0.15, 0.2) is 64.8 Å². The van der Waals surface area contributed by atoms with E-state index in [9.17, 15) is 4.79 Å². The molecular weight excluding hydrogens is 408 g/mol. The lowest BCUT2D eigenvalue weighted by atomic mass is 10.1. The predicted molar refractivity (Wildman–Crippen MR) is 122 cm³/mol. The highest BCUT2D eigenvalue weighted by molar-refractivity contribution is 5.97. The largest absolute Gasteiger partial charge is 0.493 e. The molecule has 0 bridgehead atoms. The van der Waals surface area contributed by atoms with Gasteiger partial charge < -0.3 is 23.9 Å². The van der Waals surface area contributed by atoms with E-state index in [0.717, 1.165) is 22.2 Å². The number of carbonyl (C=O) groups excluding carboxylic acids is 1. The second kappa shape index (κ2) is 9.01. The topological polar surface area (TPSA) is 82.8 Å². The normalized spacial score (nSPS) is 13.2. The number of hydrogen-bond acceptors (Lipinski definition) is 6. The lowest BCUT2D eigenvalue weighted by Crippen LogP contribution is -2.22. The molecule has 0 saturated heterocycles. The van der Waals surface area contributed by atoms with Crippen molar-refractivity contribution >= 4 is 22.6 Å². The highest BCUT2D eigenvalue weighted by atomic mass is 16.5. The second-order valence-corrected chi connectivity index (χ2v) is 7.26. The summed E-state index contributed by atoms with van der Waals surface area (Å²) < 4.78 is 22.0. The third kappa shape index (κ3) is 4.23. The van der Waals surface area contributed by atoms with Crippen LogP contribution in [0.4, 0.5) is 0 Å². The van der Waals surface area contributed by atoms with Crippen LogP contribution in [0.1, 0.15) is 28.2 Å². The summed E-state index contributed by atoms with van der Waals surface area (Å²) in [5, 5.41) is 2.94. The van der Waals surface area contributed by atoms with Crippen molar-refractivity contribution in [1.29, 1.82) is 0 Å². The molecule has 1 heterocycles. The number of rotatable bonds is 6. The number of carbonyl (C=O) groups is 1. The molecule has 1 aromatic heterocycles. The number of ether oxygens (including phenoxy) is 3. The van der Waals surface area contributed by atoms with Gasteiger partial charge in [-0.25, -0.2) is 4.98 Å². The lowest BCUT2D eigenvalue weighted by molar-refractivity contribution is 0.0966. The summed E-state index contributed by atoms with van der Waals surface area (Å²) in [5.41, 5.74) is 4.41. The first-order valence-corrected chi connectivity index (χ1v) is 10.1. The molecule has 1 amide bonds. The number of aromatic nitrogens is 1. The first-order valence-electron chi connectivity index (χ1n) is 10.1. The Balaban J connectivity index is 1.62. The van der Waals surface area contributed by atoms with E-state index in [-0.39, 0.29) is 5.91 Å². The van der Waals surface area contributed by atoms with Crippen LogP contribution in [0.2, 0.25) is 0 Å². The van der Waals surface area contributed by atoms with Crippen LogP contribution in [0.5, 0.6) is 17.2 Å². The number of nitrogens with one attached hydrogen (secondary N) is 1. The number of hydrogen-bond donors (Lipinski definition) is 1. The molecule has 0 saturated carbocycles. The van der Waals surface area contributed by atoms with Crippen molar-refractivity contribution in [2.75, 3.05) is 21.3 Å². The van der Waals surface area contributed by atoms with E-state index in [0.29, 0.717) is 40.8 Å². The molecule has 1 N–H and O–H groups in total. The van der Waals surface area contributed by atoms with Gasteiger partial charge >= 0.3 is 0 Å². The molecule has 0 fully saturated rings. The Labute approximate surface area is 186 Å². The van der Waals surface area contributed by atoms with Gasteiger partial charge in [0.25, 0.3) is 5.91 Å². The molecule has 0 aliphatic heterocycles. The number of methoxy groups -OCH3 is 3. The quantitative estimate of drug-likeness (QED) is 0.601. The van der Waals surface area contributed by atoms with Gasteiger partial charge in [-0.2, -0.15) is 0 Å². The van der Waals surface area contributed by atoms with Crippen molar-refractivity contribution in [2.24, 2.45) is 0 Å². The van der Waals surface area contributed by atoms with E-state index in [1.54, 1.807) is 12.1 Å². The van der Waals surface area contributed by atoms with Crippen LogP contribution in [0.3, 0.4) is 0 Å². The van der Waals surface area contributed by atoms with Crippen LogP contribution in [0, 0.1) is 6.92 Å². The average Bonchev–Trinajstić information content (AvgIpc) is 3.08. The number of benzene rings is 2. The molecule has 4 rings (SSSR count). The molecule has 0 atom stereocenters. The van der Waals surface area contributed by atoms with Gasteiger partial charge in [0, 0.05) is 16.8 Å². The smallest absolute Gasteiger partial charge is 0.255 e. The molecule has 7 nitrogen and oxygen atoms in total.